The summed E-state index contributed by atoms with van der Waals surface area (Å²) >= 11 is 0. The Morgan fingerprint density at radius 3 is 0.778 bits per heavy atom. The minimum absolute atomic E-state index is 0.0632. The number of rotatable bonds is 51. The molecule has 374 valence electrons. The highest BCUT2D eigenvalue weighted by molar-refractivity contribution is 5.71. The van der Waals surface area contributed by atoms with Crippen LogP contribution in [-0.2, 0) is 28.6 Å². The molecule has 0 saturated carbocycles. The lowest BCUT2D eigenvalue weighted by Gasteiger charge is -2.18. The average Bonchev–Trinajstić information content (AvgIpc) is 3.25. The Bertz CT molecular complexity index is 962. The van der Waals surface area contributed by atoms with E-state index in [1.807, 2.05) is 0 Å². The highest BCUT2D eigenvalue weighted by Crippen LogP contribution is 2.18. The number of esters is 3. The van der Waals surface area contributed by atoms with Gasteiger partial charge in [-0.15, -0.1) is 0 Å². The number of hydrogen-bond donors (Lipinski definition) is 0. The molecule has 0 aromatic heterocycles. The highest BCUT2D eigenvalue weighted by Gasteiger charge is 2.19. The monoisotopic (exact) mass is 891 g/mol. The van der Waals surface area contributed by atoms with Gasteiger partial charge < -0.3 is 14.2 Å². The molecule has 0 bridgehead atoms. The van der Waals surface area contributed by atoms with Gasteiger partial charge in [-0.2, -0.15) is 0 Å². The van der Waals surface area contributed by atoms with Gasteiger partial charge in [0, 0.05) is 19.3 Å². The number of ether oxygens (including phenoxy) is 3. The van der Waals surface area contributed by atoms with Gasteiger partial charge >= 0.3 is 17.9 Å². The first-order valence-electron chi connectivity index (χ1n) is 28.2. The second kappa shape index (κ2) is 49.8. The van der Waals surface area contributed by atoms with Gasteiger partial charge in [0.25, 0.3) is 0 Å². The van der Waals surface area contributed by atoms with E-state index in [1.165, 1.54) is 205 Å². The molecule has 0 heterocycles. The Labute approximate surface area is 393 Å². The summed E-state index contributed by atoms with van der Waals surface area (Å²) in [6, 6.07) is 0. The smallest absolute Gasteiger partial charge is 0.306 e. The second-order valence-electron chi connectivity index (χ2n) is 20.5. The van der Waals surface area contributed by atoms with Crippen LogP contribution in [0.25, 0.3) is 0 Å². The molecule has 6 heteroatoms. The quantitative estimate of drug-likeness (QED) is 0.0344. The van der Waals surface area contributed by atoms with Crippen LogP contribution in [0.15, 0.2) is 0 Å². The van der Waals surface area contributed by atoms with Gasteiger partial charge in [0.15, 0.2) is 6.10 Å². The standard InChI is InChI=1S/C57H110O6/c1-6-7-8-9-10-11-12-13-16-20-23-26-32-37-42-47-55(58)61-50-54(51-62-56(59)48-43-38-33-29-28-31-36-41-46-53(4)5)63-57(60)49-44-39-34-27-24-21-18-15-14-17-19-22-25-30-35-40-45-52(2)3/h52-54H,6-51H2,1-5H3/t54-/m0/s1. The Balaban J connectivity index is 4.26. The number of unbranched alkanes of at least 4 members (excludes halogenated alkanes) is 36. The van der Waals surface area contributed by atoms with E-state index in [9.17, 15) is 14.4 Å². The summed E-state index contributed by atoms with van der Waals surface area (Å²) in [6.45, 7) is 11.4. The molecule has 0 aliphatic carbocycles. The van der Waals surface area contributed by atoms with E-state index in [4.69, 9.17) is 14.2 Å². The Morgan fingerprint density at radius 2 is 0.524 bits per heavy atom. The van der Waals surface area contributed by atoms with E-state index in [2.05, 4.69) is 34.6 Å². The molecule has 1 atom stereocenters. The first-order valence-corrected chi connectivity index (χ1v) is 28.2. The van der Waals surface area contributed by atoms with Crippen LogP contribution in [0.3, 0.4) is 0 Å². The molecule has 0 aliphatic heterocycles. The summed E-state index contributed by atoms with van der Waals surface area (Å²) in [5, 5.41) is 0. The first-order chi connectivity index (χ1) is 30.7. The van der Waals surface area contributed by atoms with Crippen molar-refractivity contribution in [3.63, 3.8) is 0 Å². The van der Waals surface area contributed by atoms with Gasteiger partial charge in [-0.3, -0.25) is 14.4 Å². The molecule has 0 aliphatic rings. The maximum atomic E-state index is 12.8. The van der Waals surface area contributed by atoms with Crippen molar-refractivity contribution in [2.24, 2.45) is 11.8 Å². The van der Waals surface area contributed by atoms with Crippen LogP contribution in [0, 0.1) is 11.8 Å². The zero-order chi connectivity index (χ0) is 46.1. The van der Waals surface area contributed by atoms with Gasteiger partial charge in [0.1, 0.15) is 13.2 Å². The van der Waals surface area contributed by atoms with Crippen LogP contribution in [0.4, 0.5) is 0 Å². The second-order valence-corrected chi connectivity index (χ2v) is 20.5. The Morgan fingerprint density at radius 1 is 0.302 bits per heavy atom. The first kappa shape index (κ1) is 61.4. The zero-order valence-electron chi connectivity index (χ0n) is 43.2. The van der Waals surface area contributed by atoms with Crippen LogP contribution >= 0.6 is 0 Å². The molecule has 63 heavy (non-hydrogen) atoms. The van der Waals surface area contributed by atoms with Crippen molar-refractivity contribution in [2.45, 2.75) is 323 Å². The molecule has 0 aromatic rings. The molecule has 0 saturated heterocycles. The molecule has 0 rings (SSSR count). The minimum Gasteiger partial charge on any atom is -0.462 e. The van der Waals surface area contributed by atoms with Crippen molar-refractivity contribution in [1.82, 2.24) is 0 Å². The van der Waals surface area contributed by atoms with Crippen LogP contribution < -0.4 is 0 Å². The van der Waals surface area contributed by atoms with Crippen molar-refractivity contribution in [2.75, 3.05) is 13.2 Å². The van der Waals surface area contributed by atoms with Crippen molar-refractivity contribution in [3.8, 4) is 0 Å². The molecule has 0 fully saturated rings. The topological polar surface area (TPSA) is 78.9 Å². The summed E-state index contributed by atoms with van der Waals surface area (Å²) in [6.07, 6.45) is 52.4. The SMILES string of the molecule is CCCCCCCCCCCCCCCCCC(=O)OC[C@@H](COC(=O)CCCCCCCCCCC(C)C)OC(=O)CCCCCCCCCCCCCCCCCCC(C)C. The van der Waals surface area contributed by atoms with Gasteiger partial charge in [0.2, 0.25) is 0 Å². The number of hydrogen-bond acceptors (Lipinski definition) is 6. The summed E-state index contributed by atoms with van der Waals surface area (Å²) < 4.78 is 16.9. The molecule has 0 aromatic carbocycles. The molecule has 0 radical (unpaired) electrons. The third kappa shape index (κ3) is 51.3. The molecule has 0 N–H and O–H groups in total. The lowest BCUT2D eigenvalue weighted by molar-refractivity contribution is -0.167. The van der Waals surface area contributed by atoms with Crippen molar-refractivity contribution < 1.29 is 28.6 Å². The van der Waals surface area contributed by atoms with Gasteiger partial charge in [-0.05, 0) is 31.1 Å². The van der Waals surface area contributed by atoms with Gasteiger partial charge in [-0.25, -0.2) is 0 Å². The third-order valence-corrected chi connectivity index (χ3v) is 13.0. The minimum atomic E-state index is -0.762. The fourth-order valence-corrected chi connectivity index (χ4v) is 8.70. The summed E-state index contributed by atoms with van der Waals surface area (Å²) in [7, 11) is 0. The van der Waals surface area contributed by atoms with E-state index in [0.717, 1.165) is 69.6 Å². The summed E-state index contributed by atoms with van der Waals surface area (Å²) in [5.74, 6) is 0.805. The average molecular weight is 892 g/mol. The predicted molar refractivity (Wildman–Crippen MR) is 270 cm³/mol. The fourth-order valence-electron chi connectivity index (χ4n) is 8.70. The number of carbonyl (C=O) groups excluding carboxylic acids is 3. The van der Waals surface area contributed by atoms with Crippen LogP contribution in [0.5, 0.6) is 0 Å². The Kier molecular flexibility index (Phi) is 48.6. The summed E-state index contributed by atoms with van der Waals surface area (Å²) in [4.78, 5) is 38.1. The molecular weight excluding hydrogens is 781 g/mol. The number of carbonyl (C=O) groups is 3. The molecular formula is C57H110O6. The van der Waals surface area contributed by atoms with E-state index in [0.29, 0.717) is 19.3 Å². The summed E-state index contributed by atoms with van der Waals surface area (Å²) in [5.41, 5.74) is 0. The van der Waals surface area contributed by atoms with Crippen molar-refractivity contribution >= 4 is 17.9 Å². The Hall–Kier alpha value is -1.59. The van der Waals surface area contributed by atoms with Crippen LogP contribution in [0.2, 0.25) is 0 Å². The van der Waals surface area contributed by atoms with E-state index in [-0.39, 0.29) is 31.1 Å². The van der Waals surface area contributed by atoms with Crippen molar-refractivity contribution in [3.05, 3.63) is 0 Å². The normalized spacial score (nSPS) is 12.0. The van der Waals surface area contributed by atoms with Crippen LogP contribution in [-0.4, -0.2) is 37.2 Å². The molecule has 0 unspecified atom stereocenters. The molecule has 6 nitrogen and oxygen atoms in total. The predicted octanol–water partition coefficient (Wildman–Crippen LogP) is 18.5. The molecule has 0 amide bonds. The fraction of sp³-hybridized carbons (Fsp3) is 0.947. The van der Waals surface area contributed by atoms with Gasteiger partial charge in [-0.1, -0.05) is 279 Å². The van der Waals surface area contributed by atoms with Crippen molar-refractivity contribution in [1.29, 1.82) is 0 Å². The van der Waals surface area contributed by atoms with Crippen LogP contribution in [0.1, 0.15) is 317 Å². The van der Waals surface area contributed by atoms with E-state index in [1.54, 1.807) is 0 Å². The largest absolute Gasteiger partial charge is 0.462 e. The lowest BCUT2D eigenvalue weighted by Crippen LogP contribution is -2.30. The van der Waals surface area contributed by atoms with E-state index < -0.39 is 6.10 Å². The third-order valence-electron chi connectivity index (χ3n) is 13.0. The van der Waals surface area contributed by atoms with E-state index >= 15 is 0 Å². The van der Waals surface area contributed by atoms with Gasteiger partial charge in [0.05, 0.1) is 0 Å². The molecule has 0 spiro atoms. The highest BCUT2D eigenvalue weighted by atomic mass is 16.6. The maximum absolute atomic E-state index is 12.8. The lowest BCUT2D eigenvalue weighted by atomic mass is 10.0. The zero-order valence-corrected chi connectivity index (χ0v) is 43.2. The maximum Gasteiger partial charge on any atom is 0.306 e.